The highest BCUT2D eigenvalue weighted by Gasteiger charge is 2.35. The lowest BCUT2D eigenvalue weighted by molar-refractivity contribution is -0.131. The Labute approximate surface area is 245 Å². The summed E-state index contributed by atoms with van der Waals surface area (Å²) in [7, 11) is 2.10. The van der Waals surface area contributed by atoms with E-state index in [0.717, 1.165) is 48.9 Å². The number of fused-ring (bicyclic) bond motifs is 2. The van der Waals surface area contributed by atoms with E-state index in [1.807, 2.05) is 17.0 Å². The van der Waals surface area contributed by atoms with Crippen LogP contribution in [0.5, 0.6) is 6.01 Å². The Morgan fingerprint density at radius 1 is 1.14 bits per heavy atom. The molecule has 3 aliphatic rings. The number of likely N-dealkylation sites (N-methyl/N-ethyl adjacent to an activating group) is 1. The summed E-state index contributed by atoms with van der Waals surface area (Å²) in [5.74, 6) is -0.539. The van der Waals surface area contributed by atoms with Gasteiger partial charge in [-0.1, -0.05) is 31.7 Å². The van der Waals surface area contributed by atoms with Crippen LogP contribution < -0.4 is 9.64 Å². The molecule has 2 aromatic heterocycles. The molecule has 1 amide bonds. The molecule has 0 spiro atoms. The molecule has 0 N–H and O–H groups in total. The molecule has 0 saturated carbocycles. The topological polar surface area (TPSA) is 79.1 Å². The number of hydrogen-bond acceptors (Lipinski definition) is 7. The molecule has 2 fully saturated rings. The number of likely N-dealkylation sites (tertiary alicyclic amines) is 1. The van der Waals surface area contributed by atoms with Crippen LogP contribution in [0.1, 0.15) is 30.9 Å². The van der Waals surface area contributed by atoms with Gasteiger partial charge in [0.25, 0.3) is 5.91 Å². The highest BCUT2D eigenvalue weighted by molar-refractivity contribution is 5.92. The minimum absolute atomic E-state index is 0.0514. The van der Waals surface area contributed by atoms with Gasteiger partial charge in [-0.2, -0.15) is 9.97 Å². The smallest absolute Gasteiger partial charge is 0.320 e. The van der Waals surface area contributed by atoms with Crippen molar-refractivity contribution in [2.45, 2.75) is 44.7 Å². The summed E-state index contributed by atoms with van der Waals surface area (Å²) in [4.78, 5) is 36.4. The Hall–Kier alpha value is -4.10. The van der Waals surface area contributed by atoms with Crippen LogP contribution >= 0.6 is 0 Å². The lowest BCUT2D eigenvalue weighted by atomic mass is 10.00. The molecule has 1 aromatic carbocycles. The normalized spacial score (nSPS) is 22.3. The third-order valence-electron chi connectivity index (χ3n) is 8.84. The number of benzene rings is 1. The van der Waals surface area contributed by atoms with Crippen LogP contribution in [0.15, 0.2) is 42.7 Å². The number of carbonyl (C=O) groups is 1. The molecule has 0 radical (unpaired) electrons. The first kappa shape index (κ1) is 28.0. The molecule has 10 heteroatoms. The zero-order chi connectivity index (χ0) is 29.4. The number of amides is 1. The number of hydrogen-bond donors (Lipinski definition) is 0. The molecule has 218 valence electrons. The third-order valence-corrected chi connectivity index (χ3v) is 8.84. The Morgan fingerprint density at radius 3 is 2.76 bits per heavy atom. The fourth-order valence-electron chi connectivity index (χ4n) is 6.63. The summed E-state index contributed by atoms with van der Waals surface area (Å²) in [5.41, 5.74) is 5.26. The van der Waals surface area contributed by atoms with Gasteiger partial charge in [0.2, 0.25) is 6.54 Å². The van der Waals surface area contributed by atoms with E-state index in [0.29, 0.717) is 43.1 Å². The Balaban J connectivity index is 1.38. The summed E-state index contributed by atoms with van der Waals surface area (Å²) in [6.07, 6.45) is 4.30. The van der Waals surface area contributed by atoms with E-state index in [1.54, 1.807) is 0 Å². The van der Waals surface area contributed by atoms with E-state index >= 15 is 0 Å². The Kier molecular flexibility index (Phi) is 7.78. The second kappa shape index (κ2) is 11.6. The van der Waals surface area contributed by atoms with Crippen LogP contribution in [-0.4, -0.2) is 89.1 Å². The van der Waals surface area contributed by atoms with Gasteiger partial charge >= 0.3 is 6.01 Å². The zero-order valence-corrected chi connectivity index (χ0v) is 24.2. The molecule has 1 unspecified atom stereocenters. The number of aromatic nitrogens is 3. The van der Waals surface area contributed by atoms with Crippen LogP contribution in [0.4, 0.5) is 10.2 Å². The van der Waals surface area contributed by atoms with E-state index in [2.05, 4.69) is 48.5 Å². The fraction of sp³-hybridized carbons (Fsp3) is 0.469. The third kappa shape index (κ3) is 5.41. The van der Waals surface area contributed by atoms with Gasteiger partial charge < -0.3 is 24.3 Å². The van der Waals surface area contributed by atoms with Gasteiger partial charge in [0.1, 0.15) is 18.5 Å². The van der Waals surface area contributed by atoms with Crippen LogP contribution in [-0.2, 0) is 17.6 Å². The maximum Gasteiger partial charge on any atom is 0.320 e. The SMILES string of the molecule is [C-]#[N+]C[C@H]1CN(c2nc(OC[C@@H]3CCCN3C)nc3nc(-c4cccc5c4CC(C)C5)ccc23)CCN1C(=O)C(=C)F. The summed E-state index contributed by atoms with van der Waals surface area (Å²) in [6.45, 7) is 15.4. The summed E-state index contributed by atoms with van der Waals surface area (Å²) >= 11 is 0. The molecule has 2 saturated heterocycles. The molecule has 42 heavy (non-hydrogen) atoms. The first-order chi connectivity index (χ1) is 20.3. The highest BCUT2D eigenvalue weighted by Crippen LogP contribution is 2.36. The number of rotatable bonds is 7. The van der Waals surface area contributed by atoms with Gasteiger partial charge in [-0.05, 0) is 68.5 Å². The van der Waals surface area contributed by atoms with Crippen molar-refractivity contribution >= 4 is 22.8 Å². The molecule has 0 bridgehead atoms. The molecular weight excluding hydrogens is 533 g/mol. The van der Waals surface area contributed by atoms with Gasteiger partial charge in [-0.25, -0.2) is 15.9 Å². The van der Waals surface area contributed by atoms with Gasteiger partial charge in [0.05, 0.1) is 11.1 Å². The number of halogens is 1. The second-order valence-corrected chi connectivity index (χ2v) is 11.8. The van der Waals surface area contributed by atoms with E-state index in [9.17, 15) is 9.18 Å². The minimum Gasteiger partial charge on any atom is -0.462 e. The van der Waals surface area contributed by atoms with Crippen LogP contribution in [0.25, 0.3) is 27.1 Å². The first-order valence-electron chi connectivity index (χ1n) is 14.7. The van der Waals surface area contributed by atoms with E-state index in [4.69, 9.17) is 26.3 Å². The number of anilines is 1. The van der Waals surface area contributed by atoms with Crippen molar-refractivity contribution in [3.05, 3.63) is 65.3 Å². The van der Waals surface area contributed by atoms with Crippen molar-refractivity contribution in [2.75, 3.05) is 51.3 Å². The fourth-order valence-corrected chi connectivity index (χ4v) is 6.63. The summed E-state index contributed by atoms with van der Waals surface area (Å²) in [6, 6.07) is 10.5. The van der Waals surface area contributed by atoms with Crippen molar-refractivity contribution in [1.82, 2.24) is 24.8 Å². The molecule has 1 aliphatic carbocycles. The lowest BCUT2D eigenvalue weighted by Gasteiger charge is -2.39. The summed E-state index contributed by atoms with van der Waals surface area (Å²) < 4.78 is 20.0. The molecule has 4 heterocycles. The van der Waals surface area contributed by atoms with Gasteiger partial charge in [-0.15, -0.1) is 0 Å². The Bertz CT molecular complexity index is 1570. The van der Waals surface area contributed by atoms with E-state index in [-0.39, 0.29) is 19.1 Å². The number of carbonyl (C=O) groups excluding carboxylic acids is 1. The van der Waals surface area contributed by atoms with Crippen LogP contribution in [0.2, 0.25) is 0 Å². The predicted molar refractivity (Wildman–Crippen MR) is 160 cm³/mol. The number of pyridine rings is 1. The van der Waals surface area contributed by atoms with E-state index in [1.165, 1.54) is 16.0 Å². The van der Waals surface area contributed by atoms with Crippen LogP contribution in [0.3, 0.4) is 0 Å². The second-order valence-electron chi connectivity index (χ2n) is 11.8. The van der Waals surface area contributed by atoms with Gasteiger partial charge in [0, 0.05) is 31.2 Å². The average molecular weight is 570 g/mol. The van der Waals surface area contributed by atoms with Gasteiger partial charge in [-0.3, -0.25) is 4.79 Å². The van der Waals surface area contributed by atoms with Gasteiger partial charge in [0.15, 0.2) is 11.5 Å². The van der Waals surface area contributed by atoms with Crippen molar-refractivity contribution in [3.63, 3.8) is 0 Å². The maximum atomic E-state index is 13.8. The maximum absolute atomic E-state index is 13.8. The van der Waals surface area contributed by atoms with Crippen molar-refractivity contribution in [3.8, 4) is 17.3 Å². The quantitative estimate of drug-likeness (QED) is 0.310. The molecule has 6 rings (SSSR count). The number of piperazine rings is 1. The van der Waals surface area contributed by atoms with Crippen LogP contribution in [0, 0.1) is 12.5 Å². The van der Waals surface area contributed by atoms with Crippen molar-refractivity contribution in [1.29, 1.82) is 0 Å². The summed E-state index contributed by atoms with van der Waals surface area (Å²) in [5, 5.41) is 0.765. The monoisotopic (exact) mass is 569 g/mol. The lowest BCUT2D eigenvalue weighted by Crippen LogP contribution is -2.56. The van der Waals surface area contributed by atoms with Crippen molar-refractivity contribution < 1.29 is 13.9 Å². The van der Waals surface area contributed by atoms with E-state index < -0.39 is 17.8 Å². The van der Waals surface area contributed by atoms with Crippen molar-refractivity contribution in [2.24, 2.45) is 5.92 Å². The largest absolute Gasteiger partial charge is 0.462 e. The zero-order valence-electron chi connectivity index (χ0n) is 24.2. The number of ether oxygens (including phenoxy) is 1. The molecule has 3 atom stereocenters. The highest BCUT2D eigenvalue weighted by atomic mass is 19.1. The molecular formula is C32H36FN7O2. The standard InChI is InChI=1S/C32H36FN7O2/c1-20-15-22-7-5-9-25(27(22)16-20)28-11-10-26-29(35-28)36-32(42-19-23-8-6-12-38(23)4)37-30(26)39-13-14-40(31(41)21(2)33)24(18-39)17-34-3/h5,7,9-11,20,23-24H,2,6,8,12-19H2,1,4H3/t20?,23-,24-/m0/s1. The molecule has 3 aromatic rings. The minimum atomic E-state index is -1.02. The first-order valence-corrected chi connectivity index (χ1v) is 14.7. The predicted octanol–water partition coefficient (Wildman–Crippen LogP) is 4.32. The average Bonchev–Trinajstić information content (AvgIpc) is 3.58. The molecule has 2 aliphatic heterocycles. The Morgan fingerprint density at radius 2 is 2.00 bits per heavy atom. The number of nitrogens with zero attached hydrogens (tertiary/aromatic N) is 7. The molecule has 9 nitrogen and oxygen atoms in total.